The normalized spacial score (nSPS) is 17.5. The Morgan fingerprint density at radius 3 is 2.65 bits per heavy atom. The molecule has 5 nitrogen and oxygen atoms in total. The van der Waals surface area contributed by atoms with Crippen LogP contribution in [0.4, 0.5) is 0 Å². The summed E-state index contributed by atoms with van der Waals surface area (Å²) in [5.41, 5.74) is 0. The predicted molar refractivity (Wildman–Crippen MR) is 87.2 cm³/mol. The Kier molecular flexibility index (Phi) is 5.34. The van der Waals surface area contributed by atoms with Crippen LogP contribution in [0.5, 0.6) is 17.2 Å². The molecule has 0 bridgehead atoms. The third-order valence-corrected chi connectivity index (χ3v) is 3.51. The molecule has 0 aromatic heterocycles. The molecule has 2 atom stereocenters. The fourth-order valence-corrected chi connectivity index (χ4v) is 2.34. The number of nitrogens with one attached hydrogen (secondary N) is 1. The van der Waals surface area contributed by atoms with E-state index >= 15 is 0 Å². The molecule has 2 aromatic rings. The van der Waals surface area contributed by atoms with E-state index in [0.717, 1.165) is 17.2 Å². The lowest BCUT2D eigenvalue weighted by Crippen LogP contribution is -2.41. The van der Waals surface area contributed by atoms with Gasteiger partial charge in [-0.1, -0.05) is 30.3 Å². The fraction of sp³-hybridized carbons (Fsp3) is 0.333. The van der Waals surface area contributed by atoms with Gasteiger partial charge in [0.1, 0.15) is 31.2 Å². The third kappa shape index (κ3) is 4.61. The Hall–Kier alpha value is -2.24. The van der Waals surface area contributed by atoms with Crippen LogP contribution in [0, 0.1) is 0 Å². The molecule has 0 saturated heterocycles. The molecule has 1 aliphatic heterocycles. The van der Waals surface area contributed by atoms with Gasteiger partial charge in [0.25, 0.3) is 0 Å². The lowest BCUT2D eigenvalue weighted by molar-refractivity contribution is 0.0778. The summed E-state index contributed by atoms with van der Waals surface area (Å²) in [6, 6.07) is 17.1. The zero-order chi connectivity index (χ0) is 15.9. The highest BCUT2D eigenvalue weighted by Gasteiger charge is 2.20. The highest BCUT2D eigenvalue weighted by molar-refractivity contribution is 5.40. The maximum atomic E-state index is 9.94. The smallest absolute Gasteiger partial charge is 0.161 e. The van der Waals surface area contributed by atoms with Crippen molar-refractivity contribution >= 4 is 0 Å². The van der Waals surface area contributed by atoms with Crippen molar-refractivity contribution in [1.29, 1.82) is 0 Å². The van der Waals surface area contributed by atoms with Crippen LogP contribution in [0.15, 0.2) is 54.6 Å². The summed E-state index contributed by atoms with van der Waals surface area (Å²) in [4.78, 5) is 0. The second kappa shape index (κ2) is 7.85. The van der Waals surface area contributed by atoms with Gasteiger partial charge in [-0.3, -0.25) is 0 Å². The van der Waals surface area contributed by atoms with Crippen molar-refractivity contribution in [3.05, 3.63) is 54.6 Å². The van der Waals surface area contributed by atoms with Gasteiger partial charge < -0.3 is 24.6 Å². The minimum absolute atomic E-state index is 0.0628. The zero-order valence-electron chi connectivity index (χ0n) is 12.9. The van der Waals surface area contributed by atoms with Crippen molar-refractivity contribution in [3.8, 4) is 17.2 Å². The van der Waals surface area contributed by atoms with Gasteiger partial charge >= 0.3 is 0 Å². The average Bonchev–Trinajstić information content (AvgIpc) is 2.61. The first-order valence-corrected chi connectivity index (χ1v) is 7.76. The molecular formula is C18H21NO4. The van der Waals surface area contributed by atoms with Crippen LogP contribution in [-0.4, -0.2) is 43.6 Å². The first-order chi connectivity index (χ1) is 11.3. The predicted octanol–water partition coefficient (Wildman–Crippen LogP) is 1.86. The summed E-state index contributed by atoms with van der Waals surface area (Å²) in [6.45, 7) is 1.80. The monoisotopic (exact) mass is 315 g/mol. The second-order valence-corrected chi connectivity index (χ2v) is 5.43. The van der Waals surface area contributed by atoms with Crippen LogP contribution in [0.1, 0.15) is 0 Å². The fourth-order valence-electron chi connectivity index (χ4n) is 2.34. The Labute approximate surface area is 135 Å². The van der Waals surface area contributed by atoms with Crippen molar-refractivity contribution in [3.63, 3.8) is 0 Å². The van der Waals surface area contributed by atoms with Crippen LogP contribution >= 0.6 is 0 Å². The standard InChI is InChI=1S/C18H21NO4/c20-14(12-21-15-6-2-1-3-7-15)10-19-11-16-13-22-17-8-4-5-9-18(17)23-16/h1-9,14,16,19-20H,10-13H2/t14-,16+/m0/s1. The number of fused-ring (bicyclic) bond motifs is 1. The zero-order valence-corrected chi connectivity index (χ0v) is 12.9. The maximum Gasteiger partial charge on any atom is 0.161 e. The minimum atomic E-state index is -0.577. The lowest BCUT2D eigenvalue weighted by atomic mass is 10.2. The molecular weight excluding hydrogens is 294 g/mol. The van der Waals surface area contributed by atoms with E-state index in [4.69, 9.17) is 14.2 Å². The summed E-state index contributed by atoms with van der Waals surface area (Å²) < 4.78 is 17.0. The van der Waals surface area contributed by atoms with Crippen molar-refractivity contribution in [1.82, 2.24) is 5.32 Å². The van der Waals surface area contributed by atoms with Gasteiger partial charge in [0.2, 0.25) is 0 Å². The van der Waals surface area contributed by atoms with E-state index in [-0.39, 0.29) is 12.7 Å². The molecule has 1 heterocycles. The maximum absolute atomic E-state index is 9.94. The number of para-hydroxylation sites is 3. The minimum Gasteiger partial charge on any atom is -0.491 e. The lowest BCUT2D eigenvalue weighted by Gasteiger charge is -2.27. The summed E-state index contributed by atoms with van der Waals surface area (Å²) in [7, 11) is 0. The summed E-state index contributed by atoms with van der Waals surface area (Å²) in [5, 5.41) is 13.1. The van der Waals surface area contributed by atoms with Crippen molar-refractivity contribution < 1.29 is 19.3 Å². The van der Waals surface area contributed by atoms with Gasteiger partial charge in [0.05, 0.1) is 0 Å². The van der Waals surface area contributed by atoms with E-state index in [1.54, 1.807) is 0 Å². The van der Waals surface area contributed by atoms with Crippen molar-refractivity contribution in [2.24, 2.45) is 0 Å². The second-order valence-electron chi connectivity index (χ2n) is 5.43. The van der Waals surface area contributed by atoms with Crippen LogP contribution in [0.25, 0.3) is 0 Å². The van der Waals surface area contributed by atoms with Gasteiger partial charge in [-0.15, -0.1) is 0 Å². The molecule has 2 N–H and O–H groups in total. The SMILES string of the molecule is O[C@@H](CNC[C@@H]1COc2ccccc2O1)COc1ccccc1. The Balaban J connectivity index is 1.35. The number of benzene rings is 2. The molecule has 0 unspecified atom stereocenters. The molecule has 3 rings (SSSR count). The molecule has 0 radical (unpaired) electrons. The molecule has 0 spiro atoms. The number of ether oxygens (including phenoxy) is 3. The number of aliphatic hydroxyl groups excluding tert-OH is 1. The Bertz CT molecular complexity index is 605. The topological polar surface area (TPSA) is 60.0 Å². The van der Waals surface area contributed by atoms with Crippen LogP contribution in [-0.2, 0) is 0 Å². The van der Waals surface area contributed by atoms with E-state index in [2.05, 4.69) is 5.32 Å². The molecule has 0 fully saturated rings. The molecule has 23 heavy (non-hydrogen) atoms. The van der Waals surface area contributed by atoms with Crippen molar-refractivity contribution in [2.45, 2.75) is 12.2 Å². The molecule has 0 saturated carbocycles. The van der Waals surface area contributed by atoms with Crippen LogP contribution in [0.3, 0.4) is 0 Å². The highest BCUT2D eigenvalue weighted by atomic mass is 16.6. The third-order valence-electron chi connectivity index (χ3n) is 3.51. The number of hydrogen-bond acceptors (Lipinski definition) is 5. The molecule has 122 valence electrons. The highest BCUT2D eigenvalue weighted by Crippen LogP contribution is 2.30. The summed E-state index contributed by atoms with van der Waals surface area (Å²) in [6.07, 6.45) is -0.640. The van der Waals surface area contributed by atoms with E-state index in [1.807, 2.05) is 54.6 Å². The first kappa shape index (κ1) is 15.6. The number of aliphatic hydroxyl groups is 1. The molecule has 0 aliphatic carbocycles. The van der Waals surface area contributed by atoms with Gasteiger partial charge in [-0.25, -0.2) is 0 Å². The Morgan fingerprint density at radius 1 is 1.09 bits per heavy atom. The molecule has 1 aliphatic rings. The van der Waals surface area contributed by atoms with E-state index in [1.165, 1.54) is 0 Å². The van der Waals surface area contributed by atoms with Gasteiger partial charge in [-0.2, -0.15) is 0 Å². The molecule has 2 aromatic carbocycles. The largest absolute Gasteiger partial charge is 0.491 e. The summed E-state index contributed by atoms with van der Waals surface area (Å²) in [5.74, 6) is 2.30. The van der Waals surface area contributed by atoms with E-state index in [9.17, 15) is 5.11 Å². The number of rotatable bonds is 7. The molecule has 0 amide bonds. The van der Waals surface area contributed by atoms with Crippen LogP contribution in [0.2, 0.25) is 0 Å². The van der Waals surface area contributed by atoms with Gasteiger partial charge in [-0.05, 0) is 24.3 Å². The van der Waals surface area contributed by atoms with E-state index in [0.29, 0.717) is 19.7 Å². The molecule has 5 heteroatoms. The van der Waals surface area contributed by atoms with Gasteiger partial charge in [0, 0.05) is 13.1 Å². The first-order valence-electron chi connectivity index (χ1n) is 7.76. The average molecular weight is 315 g/mol. The van der Waals surface area contributed by atoms with Crippen LogP contribution < -0.4 is 19.5 Å². The van der Waals surface area contributed by atoms with Gasteiger partial charge in [0.15, 0.2) is 11.5 Å². The quantitative estimate of drug-likeness (QED) is 0.817. The van der Waals surface area contributed by atoms with E-state index < -0.39 is 6.10 Å². The van der Waals surface area contributed by atoms with Crippen molar-refractivity contribution in [2.75, 3.05) is 26.3 Å². The number of hydrogen-bond donors (Lipinski definition) is 2. The summed E-state index contributed by atoms with van der Waals surface area (Å²) >= 11 is 0. The Morgan fingerprint density at radius 2 is 1.83 bits per heavy atom.